The van der Waals surface area contributed by atoms with E-state index in [0.29, 0.717) is 25.9 Å². The van der Waals surface area contributed by atoms with Gasteiger partial charge >= 0.3 is 5.97 Å². The van der Waals surface area contributed by atoms with Crippen molar-refractivity contribution in [3.8, 4) is 0 Å². The lowest BCUT2D eigenvalue weighted by molar-refractivity contribution is -0.144. The molecule has 0 bridgehead atoms. The number of piperidine rings is 1. The summed E-state index contributed by atoms with van der Waals surface area (Å²) in [7, 11) is 0. The summed E-state index contributed by atoms with van der Waals surface area (Å²) in [5.74, 6) is -2.44. The maximum absolute atomic E-state index is 14.2. The molecule has 1 amide bonds. The van der Waals surface area contributed by atoms with Crippen LogP contribution in [0.3, 0.4) is 0 Å². The van der Waals surface area contributed by atoms with Crippen molar-refractivity contribution < 1.29 is 23.8 Å². The van der Waals surface area contributed by atoms with Gasteiger partial charge in [-0.05, 0) is 17.7 Å². The van der Waals surface area contributed by atoms with Crippen molar-refractivity contribution in [2.24, 2.45) is 0 Å². The number of carbonyl (C=O) groups is 2. The number of aliphatic carboxylic acids is 1. The van der Waals surface area contributed by atoms with Gasteiger partial charge in [-0.15, -0.1) is 0 Å². The average molecular weight is 398 g/mol. The van der Waals surface area contributed by atoms with Gasteiger partial charge in [-0.3, -0.25) is 14.6 Å². The third-order valence-electron chi connectivity index (χ3n) is 5.76. The predicted molar refractivity (Wildman–Crippen MR) is 104 cm³/mol. The van der Waals surface area contributed by atoms with E-state index >= 15 is 0 Å². The fourth-order valence-corrected chi connectivity index (χ4v) is 4.22. The van der Waals surface area contributed by atoms with Gasteiger partial charge in [0, 0.05) is 32.5 Å². The van der Waals surface area contributed by atoms with E-state index in [1.807, 2.05) is 18.2 Å². The van der Waals surface area contributed by atoms with Gasteiger partial charge in [0.1, 0.15) is 11.5 Å². The van der Waals surface area contributed by atoms with Crippen molar-refractivity contribution in [3.05, 3.63) is 71.5 Å². The molecule has 2 aromatic rings. The van der Waals surface area contributed by atoms with Crippen molar-refractivity contribution in [3.63, 3.8) is 0 Å². The summed E-state index contributed by atoms with van der Waals surface area (Å²) < 4.78 is 20.2. The molecule has 0 saturated carbocycles. The van der Waals surface area contributed by atoms with Crippen molar-refractivity contribution >= 4 is 11.9 Å². The molecule has 6 nitrogen and oxygen atoms in total. The highest BCUT2D eigenvalue weighted by Gasteiger charge is 2.54. The van der Waals surface area contributed by atoms with Crippen LogP contribution in [0.15, 0.2) is 54.6 Å². The first-order valence-corrected chi connectivity index (χ1v) is 9.71. The highest BCUT2D eigenvalue weighted by molar-refractivity contribution is 5.97. The van der Waals surface area contributed by atoms with Crippen LogP contribution in [0.5, 0.6) is 0 Å². The number of hydrogen-bond acceptors (Lipinski definition) is 4. The number of halogens is 1. The average Bonchev–Trinajstić information content (AvgIpc) is 3.10. The van der Waals surface area contributed by atoms with Gasteiger partial charge in [0.15, 0.2) is 6.04 Å². The minimum absolute atomic E-state index is 0.0891. The lowest BCUT2D eigenvalue weighted by Crippen LogP contribution is -2.58. The lowest BCUT2D eigenvalue weighted by Gasteiger charge is -2.44. The van der Waals surface area contributed by atoms with Crippen molar-refractivity contribution in [1.29, 1.82) is 0 Å². The molecule has 1 atom stereocenters. The van der Waals surface area contributed by atoms with Crippen LogP contribution in [0, 0.1) is 5.82 Å². The van der Waals surface area contributed by atoms with Crippen LogP contribution in [0.2, 0.25) is 0 Å². The minimum atomic E-state index is -1.14. The number of carbonyl (C=O) groups excluding carboxylic acids is 1. The van der Waals surface area contributed by atoms with Crippen LogP contribution >= 0.6 is 0 Å². The van der Waals surface area contributed by atoms with Crippen molar-refractivity contribution in [2.45, 2.75) is 31.2 Å². The Hall–Kier alpha value is -2.77. The summed E-state index contributed by atoms with van der Waals surface area (Å²) in [4.78, 5) is 28.5. The molecular formula is C22H23FN2O4. The highest BCUT2D eigenvalue weighted by Crippen LogP contribution is 2.39. The topological polar surface area (TPSA) is 70.1 Å². The Morgan fingerprint density at radius 1 is 1.07 bits per heavy atom. The summed E-state index contributed by atoms with van der Waals surface area (Å²) in [5.41, 5.74) is 0.0455. The van der Waals surface area contributed by atoms with Crippen LogP contribution in [0.4, 0.5) is 4.39 Å². The minimum Gasteiger partial charge on any atom is -0.480 e. The first kappa shape index (κ1) is 19.5. The summed E-state index contributed by atoms with van der Waals surface area (Å²) in [5, 5.41) is 9.63. The Morgan fingerprint density at radius 2 is 1.72 bits per heavy atom. The molecule has 0 aliphatic carbocycles. The molecule has 1 unspecified atom stereocenters. The lowest BCUT2D eigenvalue weighted by atomic mass is 9.96. The fraction of sp³-hybridized carbons (Fsp3) is 0.364. The first-order chi connectivity index (χ1) is 14.0. The molecule has 2 fully saturated rings. The summed E-state index contributed by atoms with van der Waals surface area (Å²) in [6, 6.07) is 14.6. The van der Waals surface area contributed by atoms with E-state index in [2.05, 4.69) is 17.0 Å². The van der Waals surface area contributed by atoms with E-state index in [0.717, 1.165) is 6.54 Å². The number of rotatable bonds is 4. The maximum atomic E-state index is 14.2. The second-order valence-corrected chi connectivity index (χ2v) is 7.53. The number of likely N-dealkylation sites (tertiary alicyclic amines) is 1. The Kier molecular flexibility index (Phi) is 5.34. The molecule has 7 heteroatoms. The van der Waals surface area contributed by atoms with Crippen molar-refractivity contribution in [2.75, 3.05) is 19.7 Å². The SMILES string of the molecule is O=C(O)C1COC2(CCN(Cc3ccccc3)CC2)N1C(=O)c1ccccc1F. The van der Waals surface area contributed by atoms with E-state index in [4.69, 9.17) is 4.74 Å². The van der Waals surface area contributed by atoms with Gasteiger partial charge in [-0.2, -0.15) is 0 Å². The van der Waals surface area contributed by atoms with Gasteiger partial charge in [0.05, 0.1) is 12.2 Å². The summed E-state index contributed by atoms with van der Waals surface area (Å²) >= 11 is 0. The number of carboxylic acids is 1. The van der Waals surface area contributed by atoms with Gasteiger partial charge in [-0.1, -0.05) is 42.5 Å². The van der Waals surface area contributed by atoms with Gasteiger partial charge < -0.3 is 9.84 Å². The molecule has 0 aromatic heterocycles. The quantitative estimate of drug-likeness (QED) is 0.858. The molecular weight excluding hydrogens is 375 g/mol. The van der Waals surface area contributed by atoms with E-state index in [1.165, 1.54) is 28.7 Å². The molecule has 29 heavy (non-hydrogen) atoms. The Bertz CT molecular complexity index is 897. The third-order valence-corrected chi connectivity index (χ3v) is 5.76. The number of nitrogens with zero attached hydrogens (tertiary/aromatic N) is 2. The standard InChI is InChI=1S/C22H23FN2O4/c23-18-9-5-4-8-17(18)20(26)25-19(21(27)28)15-29-22(25)10-12-24(13-11-22)14-16-6-2-1-3-7-16/h1-9,19H,10-15H2,(H,27,28). The number of ether oxygens (including phenoxy) is 1. The molecule has 4 rings (SSSR count). The number of benzene rings is 2. The molecule has 2 aliphatic heterocycles. The molecule has 152 valence electrons. The summed E-state index contributed by atoms with van der Waals surface area (Å²) in [6.45, 7) is 2.00. The number of carboxylic acid groups (broad SMARTS) is 1. The molecule has 2 heterocycles. The van der Waals surface area contributed by atoms with Crippen LogP contribution in [-0.4, -0.2) is 58.2 Å². The van der Waals surface area contributed by atoms with Crippen LogP contribution in [0.1, 0.15) is 28.8 Å². The highest BCUT2D eigenvalue weighted by atomic mass is 19.1. The Morgan fingerprint density at radius 3 is 2.38 bits per heavy atom. The van der Waals surface area contributed by atoms with E-state index in [-0.39, 0.29) is 12.2 Å². The van der Waals surface area contributed by atoms with E-state index in [1.54, 1.807) is 6.07 Å². The predicted octanol–water partition coefficient (Wildman–Crippen LogP) is 2.74. The Labute approximate surface area is 168 Å². The second-order valence-electron chi connectivity index (χ2n) is 7.53. The second kappa shape index (κ2) is 7.93. The van der Waals surface area contributed by atoms with Crippen LogP contribution < -0.4 is 0 Å². The normalized spacial score (nSPS) is 21.4. The largest absolute Gasteiger partial charge is 0.480 e. The smallest absolute Gasteiger partial charge is 0.328 e. The van der Waals surface area contributed by atoms with Crippen LogP contribution in [-0.2, 0) is 16.1 Å². The van der Waals surface area contributed by atoms with Gasteiger partial charge in [0.2, 0.25) is 0 Å². The summed E-state index contributed by atoms with van der Waals surface area (Å²) in [6.07, 6.45) is 0.952. The zero-order valence-electron chi connectivity index (χ0n) is 16.0. The maximum Gasteiger partial charge on any atom is 0.328 e. The number of hydrogen-bond donors (Lipinski definition) is 1. The fourth-order valence-electron chi connectivity index (χ4n) is 4.22. The van der Waals surface area contributed by atoms with Gasteiger partial charge in [-0.25, -0.2) is 9.18 Å². The molecule has 1 N–H and O–H groups in total. The molecule has 2 saturated heterocycles. The zero-order valence-corrected chi connectivity index (χ0v) is 16.0. The molecule has 2 aromatic carbocycles. The van der Waals surface area contributed by atoms with Crippen molar-refractivity contribution in [1.82, 2.24) is 9.80 Å². The Balaban J connectivity index is 1.55. The molecule has 2 aliphatic rings. The van der Waals surface area contributed by atoms with Crippen LogP contribution in [0.25, 0.3) is 0 Å². The van der Waals surface area contributed by atoms with E-state index in [9.17, 15) is 19.1 Å². The zero-order chi connectivity index (χ0) is 20.4. The van der Waals surface area contributed by atoms with E-state index < -0.39 is 29.5 Å². The van der Waals surface area contributed by atoms with Gasteiger partial charge in [0.25, 0.3) is 5.91 Å². The monoisotopic (exact) mass is 398 g/mol. The third kappa shape index (κ3) is 3.75. The first-order valence-electron chi connectivity index (χ1n) is 9.71. The number of amides is 1. The molecule has 1 spiro atoms. The molecule has 0 radical (unpaired) electrons.